The van der Waals surface area contributed by atoms with Gasteiger partial charge in [0.05, 0.1) is 18.5 Å². The van der Waals surface area contributed by atoms with Crippen LogP contribution in [0.1, 0.15) is 21.7 Å². The standard InChI is InChI=1S/C13H12FNO3/c1-8-2-3-10(14)11(6-8)15-7-12-9(13(16)17)4-5-18-12/h2-6,15H,7H2,1H3,(H,16,17). The molecule has 0 radical (unpaired) electrons. The summed E-state index contributed by atoms with van der Waals surface area (Å²) in [5, 5.41) is 11.7. The highest BCUT2D eigenvalue weighted by molar-refractivity contribution is 5.88. The molecule has 0 saturated carbocycles. The number of carboxylic acid groups (broad SMARTS) is 1. The van der Waals surface area contributed by atoms with E-state index in [9.17, 15) is 9.18 Å². The lowest BCUT2D eigenvalue weighted by Crippen LogP contribution is -2.05. The molecule has 4 nitrogen and oxygen atoms in total. The van der Waals surface area contributed by atoms with E-state index in [1.165, 1.54) is 18.4 Å². The molecule has 1 aromatic heterocycles. The van der Waals surface area contributed by atoms with Crippen molar-refractivity contribution in [2.24, 2.45) is 0 Å². The van der Waals surface area contributed by atoms with Gasteiger partial charge in [-0.15, -0.1) is 0 Å². The first-order chi connectivity index (χ1) is 8.58. The molecular weight excluding hydrogens is 237 g/mol. The molecule has 0 saturated heterocycles. The highest BCUT2D eigenvalue weighted by Crippen LogP contribution is 2.18. The number of hydrogen-bond acceptors (Lipinski definition) is 3. The van der Waals surface area contributed by atoms with Crippen LogP contribution in [0.3, 0.4) is 0 Å². The minimum atomic E-state index is -1.06. The number of carbonyl (C=O) groups is 1. The summed E-state index contributed by atoms with van der Waals surface area (Å²) in [6, 6.07) is 6.04. The summed E-state index contributed by atoms with van der Waals surface area (Å²) in [5.74, 6) is -1.18. The molecule has 94 valence electrons. The number of halogens is 1. The molecule has 0 amide bonds. The average molecular weight is 249 g/mol. The van der Waals surface area contributed by atoms with Crippen LogP contribution >= 0.6 is 0 Å². The lowest BCUT2D eigenvalue weighted by molar-refractivity contribution is 0.0694. The zero-order valence-electron chi connectivity index (χ0n) is 9.74. The molecule has 2 N–H and O–H groups in total. The van der Waals surface area contributed by atoms with Gasteiger partial charge in [0.25, 0.3) is 0 Å². The zero-order valence-corrected chi connectivity index (χ0v) is 9.74. The van der Waals surface area contributed by atoms with Gasteiger partial charge in [0, 0.05) is 0 Å². The van der Waals surface area contributed by atoms with Crippen molar-refractivity contribution in [3.8, 4) is 0 Å². The fraction of sp³-hybridized carbons (Fsp3) is 0.154. The normalized spacial score (nSPS) is 10.3. The van der Waals surface area contributed by atoms with Crippen LogP contribution in [0.25, 0.3) is 0 Å². The van der Waals surface area contributed by atoms with E-state index in [1.807, 2.05) is 6.92 Å². The maximum Gasteiger partial charge on any atom is 0.339 e. The van der Waals surface area contributed by atoms with Crippen molar-refractivity contribution in [1.82, 2.24) is 0 Å². The number of anilines is 1. The molecule has 2 rings (SSSR count). The minimum Gasteiger partial charge on any atom is -0.478 e. The Morgan fingerprint density at radius 3 is 2.94 bits per heavy atom. The van der Waals surface area contributed by atoms with Crippen LogP contribution in [0.2, 0.25) is 0 Å². The van der Waals surface area contributed by atoms with Gasteiger partial charge >= 0.3 is 5.97 Å². The van der Waals surface area contributed by atoms with E-state index in [2.05, 4.69) is 5.32 Å². The zero-order chi connectivity index (χ0) is 13.1. The van der Waals surface area contributed by atoms with Crippen molar-refractivity contribution in [2.45, 2.75) is 13.5 Å². The molecule has 5 heteroatoms. The van der Waals surface area contributed by atoms with Gasteiger partial charge in [0.15, 0.2) is 0 Å². The first-order valence-corrected chi connectivity index (χ1v) is 5.37. The van der Waals surface area contributed by atoms with Gasteiger partial charge in [0.1, 0.15) is 17.1 Å². The van der Waals surface area contributed by atoms with Gasteiger partial charge in [-0.3, -0.25) is 0 Å². The molecule has 0 unspecified atom stereocenters. The number of furan rings is 1. The highest BCUT2D eigenvalue weighted by atomic mass is 19.1. The summed E-state index contributed by atoms with van der Waals surface area (Å²) in [5.41, 5.74) is 1.31. The van der Waals surface area contributed by atoms with Crippen molar-refractivity contribution in [1.29, 1.82) is 0 Å². The largest absolute Gasteiger partial charge is 0.478 e. The molecular formula is C13H12FNO3. The van der Waals surface area contributed by atoms with Gasteiger partial charge in [-0.1, -0.05) is 6.07 Å². The number of aromatic carboxylic acids is 1. The molecule has 18 heavy (non-hydrogen) atoms. The first-order valence-electron chi connectivity index (χ1n) is 5.37. The average Bonchev–Trinajstić information content (AvgIpc) is 2.79. The number of benzene rings is 1. The summed E-state index contributed by atoms with van der Waals surface area (Å²) in [4.78, 5) is 10.9. The number of rotatable bonds is 4. The lowest BCUT2D eigenvalue weighted by Gasteiger charge is -2.07. The van der Waals surface area contributed by atoms with E-state index in [0.29, 0.717) is 5.69 Å². The molecule has 0 bridgehead atoms. The Bertz CT molecular complexity index is 577. The van der Waals surface area contributed by atoms with E-state index in [-0.39, 0.29) is 23.7 Å². The first kappa shape index (κ1) is 12.2. The SMILES string of the molecule is Cc1ccc(F)c(NCc2occc2C(=O)O)c1. The molecule has 0 atom stereocenters. The molecule has 1 aromatic carbocycles. The number of carboxylic acids is 1. The predicted octanol–water partition coefficient (Wildman–Crippen LogP) is 3.04. The van der Waals surface area contributed by atoms with Crippen LogP contribution in [-0.2, 0) is 6.54 Å². The van der Waals surface area contributed by atoms with E-state index in [1.54, 1.807) is 12.1 Å². The van der Waals surface area contributed by atoms with Crippen molar-refractivity contribution < 1.29 is 18.7 Å². The van der Waals surface area contributed by atoms with Crippen molar-refractivity contribution >= 4 is 11.7 Å². The Labute approximate surface area is 103 Å². The van der Waals surface area contributed by atoms with Crippen LogP contribution in [-0.4, -0.2) is 11.1 Å². The number of aryl methyl sites for hydroxylation is 1. The Morgan fingerprint density at radius 1 is 1.44 bits per heavy atom. The molecule has 0 fully saturated rings. The molecule has 0 aliphatic carbocycles. The second-order valence-corrected chi connectivity index (χ2v) is 3.90. The van der Waals surface area contributed by atoms with Crippen LogP contribution in [0.15, 0.2) is 34.9 Å². The highest BCUT2D eigenvalue weighted by Gasteiger charge is 2.13. The van der Waals surface area contributed by atoms with Gasteiger partial charge in [-0.2, -0.15) is 0 Å². The Morgan fingerprint density at radius 2 is 2.22 bits per heavy atom. The minimum absolute atomic E-state index is 0.0792. The van der Waals surface area contributed by atoms with E-state index >= 15 is 0 Å². The topological polar surface area (TPSA) is 62.5 Å². The van der Waals surface area contributed by atoms with Crippen LogP contribution < -0.4 is 5.32 Å². The molecule has 0 aliphatic heterocycles. The monoisotopic (exact) mass is 249 g/mol. The van der Waals surface area contributed by atoms with E-state index in [0.717, 1.165) is 5.56 Å². The summed E-state index contributed by atoms with van der Waals surface area (Å²) in [7, 11) is 0. The smallest absolute Gasteiger partial charge is 0.339 e. The number of nitrogens with one attached hydrogen (secondary N) is 1. The molecule has 0 aliphatic rings. The van der Waals surface area contributed by atoms with E-state index in [4.69, 9.17) is 9.52 Å². The quantitative estimate of drug-likeness (QED) is 0.874. The van der Waals surface area contributed by atoms with Crippen molar-refractivity contribution in [3.05, 3.63) is 53.2 Å². The predicted molar refractivity (Wildman–Crippen MR) is 64.1 cm³/mol. The third kappa shape index (κ3) is 2.51. The lowest BCUT2D eigenvalue weighted by atomic mass is 10.2. The second kappa shape index (κ2) is 4.91. The van der Waals surface area contributed by atoms with Gasteiger partial charge in [0.2, 0.25) is 0 Å². The van der Waals surface area contributed by atoms with Crippen molar-refractivity contribution in [2.75, 3.05) is 5.32 Å². The summed E-state index contributed by atoms with van der Waals surface area (Å²) >= 11 is 0. The van der Waals surface area contributed by atoms with Gasteiger partial charge < -0.3 is 14.8 Å². The van der Waals surface area contributed by atoms with Gasteiger partial charge in [-0.05, 0) is 30.7 Å². The Balaban J connectivity index is 2.14. The van der Waals surface area contributed by atoms with Gasteiger partial charge in [-0.25, -0.2) is 9.18 Å². The third-order valence-corrected chi connectivity index (χ3v) is 2.54. The second-order valence-electron chi connectivity index (χ2n) is 3.90. The molecule has 0 spiro atoms. The molecule has 2 aromatic rings. The van der Waals surface area contributed by atoms with Crippen LogP contribution in [0, 0.1) is 12.7 Å². The van der Waals surface area contributed by atoms with Crippen LogP contribution in [0.5, 0.6) is 0 Å². The Kier molecular flexibility index (Phi) is 3.32. The van der Waals surface area contributed by atoms with E-state index < -0.39 is 5.97 Å². The Hall–Kier alpha value is -2.30. The summed E-state index contributed by atoms with van der Waals surface area (Å²) in [6.07, 6.45) is 1.30. The summed E-state index contributed by atoms with van der Waals surface area (Å²) < 4.78 is 18.5. The fourth-order valence-electron chi connectivity index (χ4n) is 1.62. The molecule has 1 heterocycles. The maximum atomic E-state index is 13.4. The summed E-state index contributed by atoms with van der Waals surface area (Å²) in [6.45, 7) is 1.97. The van der Waals surface area contributed by atoms with Crippen LogP contribution in [0.4, 0.5) is 10.1 Å². The fourth-order valence-corrected chi connectivity index (χ4v) is 1.62. The maximum absolute atomic E-state index is 13.4. The number of hydrogen-bond donors (Lipinski definition) is 2. The van der Waals surface area contributed by atoms with Crippen molar-refractivity contribution in [3.63, 3.8) is 0 Å². The third-order valence-electron chi connectivity index (χ3n) is 2.54.